The van der Waals surface area contributed by atoms with Gasteiger partial charge in [-0.15, -0.1) is 0 Å². The maximum absolute atomic E-state index is 0. The van der Waals surface area contributed by atoms with Crippen molar-refractivity contribution in [3.63, 3.8) is 0 Å². The Morgan fingerprint density at radius 3 is 0.158 bits per heavy atom. The molecule has 0 bridgehead atoms. The molecule has 0 saturated heterocycles. The monoisotopic (exact) mass is 1170 g/mol. The molecule has 0 spiro atoms. The van der Waals surface area contributed by atoms with Crippen molar-refractivity contribution in [1.82, 2.24) is 0 Å². The molecule has 19 heavy (non-hydrogen) atoms. The molecule has 0 heterocycles. The van der Waals surface area contributed by atoms with Crippen molar-refractivity contribution >= 4 is 105 Å². The molecule has 0 rings (SSSR count). The Kier molecular flexibility index (Phi) is 10700. The van der Waals surface area contributed by atoms with Gasteiger partial charge in [-0.25, -0.2) is 0 Å². The van der Waals surface area contributed by atoms with Crippen LogP contribution in [0.3, 0.4) is 0 Å². The SMILES string of the molecule is [Bi+3].[Bi+3].[Bi+3].[Bi+3].[O-2].[O-2].[O-2].[O-2].[O-2].[O-2].[O-2].[O-2].[O-2].[O-2].[O-2].[O-2].[Ti+4].[Ti+4].[Ti+4]. The summed E-state index contributed by atoms with van der Waals surface area (Å²) in [7, 11) is 0. The second kappa shape index (κ2) is 423. The van der Waals surface area contributed by atoms with Gasteiger partial charge in [0, 0.05) is 0 Å². The molecular weight excluding hydrogens is 1170 g/mol. The molecule has 0 aromatic heterocycles. The van der Waals surface area contributed by atoms with E-state index in [0.717, 1.165) is 0 Å². The van der Waals surface area contributed by atoms with Crippen LogP contribution >= 0.6 is 0 Å². The van der Waals surface area contributed by atoms with E-state index in [1.807, 2.05) is 0 Å². The van der Waals surface area contributed by atoms with E-state index in [4.69, 9.17) is 0 Å². The smallest absolute Gasteiger partial charge is 2.00 e. The van der Waals surface area contributed by atoms with Gasteiger partial charge in [0.15, 0.2) is 0 Å². The first-order valence-electron chi connectivity index (χ1n) is 0. The molecule has 12 nitrogen and oxygen atoms in total. The molecular formula is Bi4O12Ti3. The molecule has 0 aromatic carbocycles. The van der Waals surface area contributed by atoms with Crippen LogP contribution in [-0.4, -0.2) is 105 Å². The van der Waals surface area contributed by atoms with E-state index in [0.29, 0.717) is 0 Å². The summed E-state index contributed by atoms with van der Waals surface area (Å²) < 4.78 is 0. The maximum atomic E-state index is 0. The van der Waals surface area contributed by atoms with Gasteiger partial charge >= 0.3 is 170 Å². The summed E-state index contributed by atoms with van der Waals surface area (Å²) in [6.07, 6.45) is 0. The molecule has 19 heteroatoms. The molecule has 0 amide bonds. The van der Waals surface area contributed by atoms with Crippen LogP contribution in [0.15, 0.2) is 0 Å². The van der Waals surface area contributed by atoms with Gasteiger partial charge in [0.25, 0.3) is 0 Å². The van der Waals surface area contributed by atoms with Gasteiger partial charge in [-0.2, -0.15) is 0 Å². The van der Waals surface area contributed by atoms with Crippen molar-refractivity contribution in [1.29, 1.82) is 0 Å². The summed E-state index contributed by atoms with van der Waals surface area (Å²) in [5.41, 5.74) is 0. The molecule has 0 atom stereocenters. The zero-order valence-electron chi connectivity index (χ0n) is 8.19. The van der Waals surface area contributed by atoms with E-state index in [2.05, 4.69) is 0 Å². The Morgan fingerprint density at radius 1 is 0.158 bits per heavy atom. The average Bonchev–Trinajstić information content (AvgIpc) is 0. The van der Waals surface area contributed by atoms with Crippen molar-refractivity contribution in [2.45, 2.75) is 0 Å². The van der Waals surface area contributed by atoms with Gasteiger partial charge in [0.05, 0.1) is 0 Å². The molecule has 0 aliphatic carbocycles. The Labute approximate surface area is 231 Å². The number of hydrogen-bond donors (Lipinski definition) is 0. The molecule has 0 aromatic rings. The molecule has 0 saturated carbocycles. The first-order valence-corrected chi connectivity index (χ1v) is 0. The normalized spacial score (nSPS) is 0. The second-order valence-corrected chi connectivity index (χ2v) is 0. The molecule has 0 aliphatic rings. The average molecular weight is 1170 g/mol. The van der Waals surface area contributed by atoms with Gasteiger partial charge in [0.2, 0.25) is 0 Å². The van der Waals surface area contributed by atoms with Crippen LogP contribution in [0.5, 0.6) is 0 Å². The first kappa shape index (κ1) is 482. The molecule has 0 aliphatic heterocycles. The van der Waals surface area contributed by atoms with E-state index >= 15 is 0 Å². The minimum Gasteiger partial charge on any atom is -2.00 e. The van der Waals surface area contributed by atoms with Gasteiger partial charge < -0.3 is 65.7 Å². The molecule has 0 fully saturated rings. The summed E-state index contributed by atoms with van der Waals surface area (Å²) in [6.45, 7) is 0. The maximum Gasteiger partial charge on any atom is 4.00 e. The largest absolute Gasteiger partial charge is 4.00 e. The third-order valence-corrected chi connectivity index (χ3v) is 0. The molecule has 8 radical (unpaired) electrons. The Hall–Kier alpha value is 5.20. The minimum atomic E-state index is 0. The number of hydrogen-bond acceptors (Lipinski definition) is 0. The molecule has 104 valence electrons. The number of rotatable bonds is 0. The predicted octanol–water partition coefficient (Wildman–Crippen LogP) is -2.96. The first-order chi connectivity index (χ1) is 0. The molecule has 0 N–H and O–H groups in total. The summed E-state index contributed by atoms with van der Waals surface area (Å²) in [5, 5.41) is 0. The van der Waals surface area contributed by atoms with E-state index in [-0.39, 0.29) is 236 Å². The summed E-state index contributed by atoms with van der Waals surface area (Å²) in [4.78, 5) is 0. The zero-order valence-corrected chi connectivity index (χ0v) is 26.8. The van der Waals surface area contributed by atoms with Crippen molar-refractivity contribution < 1.29 is 131 Å². The van der Waals surface area contributed by atoms with E-state index in [1.54, 1.807) is 0 Å². The van der Waals surface area contributed by atoms with Crippen LogP contribution in [-0.2, 0) is 131 Å². The summed E-state index contributed by atoms with van der Waals surface area (Å²) >= 11 is 0. The second-order valence-electron chi connectivity index (χ2n) is 0. The van der Waals surface area contributed by atoms with Gasteiger partial charge in [-0.05, 0) is 0 Å². The molecule has 0 unspecified atom stereocenters. The Balaban J connectivity index is 0. The minimum absolute atomic E-state index is 0. The fraction of sp³-hybridized carbons (Fsp3) is 0. The summed E-state index contributed by atoms with van der Waals surface area (Å²) in [5.74, 6) is 0. The zero-order chi connectivity index (χ0) is 0. The topological polar surface area (TPSA) is 342 Å². The van der Waals surface area contributed by atoms with Gasteiger partial charge in [0.1, 0.15) is 0 Å². The van der Waals surface area contributed by atoms with Crippen molar-refractivity contribution in [3.8, 4) is 0 Å². The Bertz CT molecular complexity index is 24.9. The van der Waals surface area contributed by atoms with Crippen molar-refractivity contribution in [2.24, 2.45) is 0 Å². The predicted molar refractivity (Wildman–Crippen MR) is 31.3 cm³/mol. The standard InChI is InChI=1S/4Bi.12O.3Ti/q4*+3;12*-2;3*+4. The van der Waals surface area contributed by atoms with E-state index < -0.39 is 0 Å². The fourth-order valence-electron chi connectivity index (χ4n) is 0. The van der Waals surface area contributed by atoms with Crippen LogP contribution in [0.4, 0.5) is 0 Å². The van der Waals surface area contributed by atoms with Crippen molar-refractivity contribution in [3.05, 3.63) is 0 Å². The van der Waals surface area contributed by atoms with Crippen LogP contribution in [0.25, 0.3) is 0 Å². The third-order valence-electron chi connectivity index (χ3n) is 0. The summed E-state index contributed by atoms with van der Waals surface area (Å²) in [6, 6.07) is 0. The third kappa shape index (κ3) is 386. The van der Waals surface area contributed by atoms with Crippen LogP contribution in [0.1, 0.15) is 0 Å². The van der Waals surface area contributed by atoms with Crippen molar-refractivity contribution in [2.75, 3.05) is 0 Å². The van der Waals surface area contributed by atoms with Crippen LogP contribution < -0.4 is 0 Å². The fourth-order valence-corrected chi connectivity index (χ4v) is 0. The Morgan fingerprint density at radius 2 is 0.158 bits per heavy atom. The van der Waals surface area contributed by atoms with Crippen LogP contribution in [0.2, 0.25) is 0 Å². The van der Waals surface area contributed by atoms with E-state index in [1.165, 1.54) is 0 Å². The van der Waals surface area contributed by atoms with E-state index in [9.17, 15) is 0 Å². The van der Waals surface area contributed by atoms with Crippen LogP contribution in [0, 0.1) is 0 Å². The van der Waals surface area contributed by atoms with Gasteiger partial charge in [-0.3, -0.25) is 0 Å². The van der Waals surface area contributed by atoms with Gasteiger partial charge in [-0.1, -0.05) is 0 Å². The quantitative estimate of drug-likeness (QED) is 0.220.